The number of aromatic nitrogens is 1. The molecule has 1 amide bonds. The highest BCUT2D eigenvalue weighted by molar-refractivity contribution is 7.91. The van der Waals surface area contributed by atoms with Crippen molar-refractivity contribution in [2.45, 2.75) is 17.2 Å². The van der Waals surface area contributed by atoms with Gasteiger partial charge in [-0.2, -0.15) is 4.31 Å². The summed E-state index contributed by atoms with van der Waals surface area (Å²) in [6, 6.07) is 20.3. The number of halogens is 1. The molecule has 1 N–H and O–H groups in total. The molecule has 1 aliphatic heterocycles. The minimum absolute atomic E-state index is 0.193. The number of rotatable bonds is 8. The van der Waals surface area contributed by atoms with E-state index in [1.165, 1.54) is 4.31 Å². The average molecular weight is 582 g/mol. The molecule has 5 rings (SSSR count). The van der Waals surface area contributed by atoms with E-state index in [-0.39, 0.29) is 23.2 Å². The zero-order chi connectivity index (χ0) is 27.6. The Labute approximate surface area is 237 Å². The van der Waals surface area contributed by atoms with Crippen LogP contribution in [-0.2, 0) is 27.8 Å². The van der Waals surface area contributed by atoms with Crippen LogP contribution < -0.4 is 0 Å². The molecular weight excluding hydrogens is 554 g/mol. The van der Waals surface area contributed by atoms with Crippen LogP contribution in [0.4, 0.5) is 0 Å². The number of piperazine rings is 1. The van der Waals surface area contributed by atoms with Crippen molar-refractivity contribution < 1.29 is 13.2 Å². The molecule has 2 aromatic heterocycles. The van der Waals surface area contributed by atoms with Crippen LogP contribution in [-0.4, -0.2) is 72.5 Å². The Morgan fingerprint density at radius 2 is 1.90 bits per heavy atom. The first-order valence-corrected chi connectivity index (χ1v) is 15.1. The molecule has 4 aromatic rings. The third-order valence-electron chi connectivity index (χ3n) is 6.75. The second-order valence-electron chi connectivity index (χ2n) is 9.44. The van der Waals surface area contributed by atoms with Gasteiger partial charge in [0, 0.05) is 66.8 Å². The summed E-state index contributed by atoms with van der Waals surface area (Å²) in [5, 5.41) is 9.89. The molecule has 2 aromatic carbocycles. The lowest BCUT2D eigenvalue weighted by molar-refractivity contribution is -0.134. The number of benzene rings is 2. The third kappa shape index (κ3) is 6.14. The number of hydrogen-bond acceptors (Lipinski definition) is 6. The molecule has 3 heterocycles. The molecule has 39 heavy (non-hydrogen) atoms. The molecule has 0 aliphatic carbocycles. The van der Waals surface area contributed by atoms with E-state index in [0.29, 0.717) is 30.5 Å². The SMILES string of the molecule is CN(CCc1ccccn1)C(=N)c1ccc(CN2CCN(S(=O)(=O)c3cc4ccc(Cl)cc4s3)CC2=O)cc1. The van der Waals surface area contributed by atoms with Crippen LogP contribution in [0, 0.1) is 5.41 Å². The second kappa shape index (κ2) is 11.4. The standard InChI is InChI=1S/C28H28ClN5O3S2/c1-32(13-11-24-4-2-3-12-31-24)28(30)21-7-5-20(6-8-21)18-33-14-15-34(19-26(33)35)39(36,37)27-16-22-9-10-23(29)17-25(22)38-27/h2-10,12,16-17,30H,11,13-15,18-19H2,1H3. The summed E-state index contributed by atoms with van der Waals surface area (Å²) in [5.41, 5.74) is 2.70. The number of carbonyl (C=O) groups excluding carboxylic acids is 1. The summed E-state index contributed by atoms with van der Waals surface area (Å²) < 4.78 is 28.7. The van der Waals surface area contributed by atoms with Gasteiger partial charge in [0.25, 0.3) is 10.0 Å². The molecule has 0 radical (unpaired) electrons. The van der Waals surface area contributed by atoms with Gasteiger partial charge in [-0.3, -0.25) is 15.2 Å². The van der Waals surface area contributed by atoms with Crippen LogP contribution in [0.3, 0.4) is 0 Å². The quantitative estimate of drug-likeness (QED) is 0.244. The van der Waals surface area contributed by atoms with Crippen LogP contribution in [0.1, 0.15) is 16.8 Å². The Morgan fingerprint density at radius 1 is 1.10 bits per heavy atom. The fourth-order valence-corrected chi connectivity index (χ4v) is 7.65. The number of likely N-dealkylation sites (N-methyl/N-ethyl adjacent to an activating group) is 1. The van der Waals surface area contributed by atoms with Crippen molar-refractivity contribution in [3.8, 4) is 0 Å². The Kier molecular flexibility index (Phi) is 7.99. The summed E-state index contributed by atoms with van der Waals surface area (Å²) in [4.78, 5) is 20.8. The monoisotopic (exact) mass is 581 g/mol. The zero-order valence-corrected chi connectivity index (χ0v) is 23.8. The van der Waals surface area contributed by atoms with Crippen LogP contribution in [0.2, 0.25) is 5.02 Å². The minimum Gasteiger partial charge on any atom is -0.359 e. The van der Waals surface area contributed by atoms with Gasteiger partial charge >= 0.3 is 0 Å². The Hall–Kier alpha value is -3.31. The van der Waals surface area contributed by atoms with Crippen LogP contribution >= 0.6 is 22.9 Å². The van der Waals surface area contributed by atoms with Crippen molar-refractivity contribution in [1.29, 1.82) is 5.41 Å². The largest absolute Gasteiger partial charge is 0.359 e. The molecule has 0 spiro atoms. The topological polar surface area (TPSA) is 97.7 Å². The van der Waals surface area contributed by atoms with Gasteiger partial charge in [0.05, 0.1) is 6.54 Å². The number of nitrogens with zero attached hydrogens (tertiary/aromatic N) is 4. The highest BCUT2D eigenvalue weighted by Gasteiger charge is 2.34. The summed E-state index contributed by atoms with van der Waals surface area (Å²) >= 11 is 7.21. The molecule has 0 unspecified atom stereocenters. The van der Waals surface area contributed by atoms with E-state index in [2.05, 4.69) is 4.98 Å². The maximum Gasteiger partial charge on any atom is 0.253 e. The van der Waals surface area contributed by atoms with Gasteiger partial charge in [0.2, 0.25) is 5.91 Å². The minimum atomic E-state index is -3.78. The van der Waals surface area contributed by atoms with E-state index in [9.17, 15) is 13.2 Å². The Bertz CT molecular complexity index is 1610. The molecule has 0 atom stereocenters. The average Bonchev–Trinajstić information content (AvgIpc) is 3.37. The van der Waals surface area contributed by atoms with Gasteiger partial charge in [-0.25, -0.2) is 8.42 Å². The number of amidine groups is 1. The van der Waals surface area contributed by atoms with Gasteiger partial charge in [0.15, 0.2) is 0 Å². The molecular formula is C28H28ClN5O3S2. The van der Waals surface area contributed by atoms with E-state index >= 15 is 0 Å². The second-order valence-corrected chi connectivity index (χ2v) is 13.1. The summed E-state index contributed by atoms with van der Waals surface area (Å²) in [7, 11) is -1.89. The van der Waals surface area contributed by atoms with Gasteiger partial charge in [0.1, 0.15) is 10.0 Å². The van der Waals surface area contributed by atoms with Gasteiger partial charge in [-0.15, -0.1) is 11.3 Å². The number of nitrogens with one attached hydrogen (secondary N) is 1. The third-order valence-corrected chi connectivity index (χ3v) is 10.4. The van der Waals surface area contributed by atoms with Crippen molar-refractivity contribution in [2.75, 3.05) is 33.2 Å². The molecule has 1 fully saturated rings. The number of hydrogen-bond donors (Lipinski definition) is 1. The van der Waals surface area contributed by atoms with E-state index in [4.69, 9.17) is 17.0 Å². The summed E-state index contributed by atoms with van der Waals surface area (Å²) in [5.74, 6) is 0.177. The van der Waals surface area contributed by atoms with Crippen LogP contribution in [0.5, 0.6) is 0 Å². The summed E-state index contributed by atoms with van der Waals surface area (Å²) in [6.07, 6.45) is 2.52. The number of carbonyl (C=O) groups is 1. The fraction of sp³-hybridized carbons (Fsp3) is 0.250. The number of thiophene rings is 1. The predicted molar refractivity (Wildman–Crippen MR) is 155 cm³/mol. The predicted octanol–water partition coefficient (Wildman–Crippen LogP) is 4.48. The van der Waals surface area contributed by atoms with Crippen molar-refractivity contribution >= 4 is 54.8 Å². The van der Waals surface area contributed by atoms with Crippen molar-refractivity contribution in [2.24, 2.45) is 0 Å². The lowest BCUT2D eigenvalue weighted by atomic mass is 10.1. The first-order valence-electron chi connectivity index (χ1n) is 12.5. The van der Waals surface area contributed by atoms with Crippen molar-refractivity contribution in [3.05, 3.63) is 94.8 Å². The van der Waals surface area contributed by atoms with E-state index in [1.807, 2.05) is 54.4 Å². The maximum absolute atomic E-state index is 13.2. The summed E-state index contributed by atoms with van der Waals surface area (Å²) in [6.45, 7) is 1.41. The van der Waals surface area contributed by atoms with Gasteiger partial charge < -0.3 is 9.80 Å². The first-order chi connectivity index (χ1) is 18.7. The highest BCUT2D eigenvalue weighted by Crippen LogP contribution is 2.33. The molecule has 0 bridgehead atoms. The maximum atomic E-state index is 13.2. The van der Waals surface area contributed by atoms with Gasteiger partial charge in [-0.05, 0) is 41.3 Å². The fourth-order valence-electron chi connectivity index (χ4n) is 4.44. The lowest BCUT2D eigenvalue weighted by Crippen LogP contribution is -2.51. The highest BCUT2D eigenvalue weighted by atomic mass is 35.5. The van der Waals surface area contributed by atoms with Crippen LogP contribution in [0.25, 0.3) is 10.1 Å². The smallest absolute Gasteiger partial charge is 0.253 e. The molecule has 0 saturated carbocycles. The molecule has 202 valence electrons. The molecule has 11 heteroatoms. The molecule has 8 nitrogen and oxygen atoms in total. The first kappa shape index (κ1) is 27.3. The Morgan fingerprint density at radius 3 is 2.62 bits per heavy atom. The zero-order valence-electron chi connectivity index (χ0n) is 21.4. The van der Waals surface area contributed by atoms with Crippen molar-refractivity contribution in [3.63, 3.8) is 0 Å². The number of fused-ring (bicyclic) bond motifs is 1. The molecule has 1 saturated heterocycles. The van der Waals surface area contributed by atoms with Gasteiger partial charge in [-0.1, -0.05) is 48.0 Å². The molecule has 1 aliphatic rings. The normalized spacial score (nSPS) is 14.6. The number of pyridine rings is 1. The Balaban J connectivity index is 1.17. The van der Waals surface area contributed by atoms with E-state index in [0.717, 1.165) is 44.7 Å². The van der Waals surface area contributed by atoms with E-state index in [1.54, 1.807) is 35.4 Å². The number of amides is 1. The number of sulfonamides is 1. The van der Waals surface area contributed by atoms with Crippen LogP contribution in [0.15, 0.2) is 77.1 Å². The van der Waals surface area contributed by atoms with E-state index < -0.39 is 10.0 Å². The van der Waals surface area contributed by atoms with Crippen molar-refractivity contribution in [1.82, 2.24) is 19.1 Å². The lowest BCUT2D eigenvalue weighted by Gasteiger charge is -2.33.